The molecule has 1 nitrogen and oxygen atoms in total. The molecule has 14 heavy (non-hydrogen) atoms. The van der Waals surface area contributed by atoms with Crippen LogP contribution < -0.4 is 0 Å². The van der Waals surface area contributed by atoms with E-state index >= 15 is 0 Å². The number of alkyl halides is 1. The number of hydrogen-bond donors (Lipinski definition) is 0. The molecule has 1 atom stereocenters. The van der Waals surface area contributed by atoms with Crippen LogP contribution >= 0.6 is 11.6 Å². The highest BCUT2D eigenvalue weighted by atomic mass is 35.5. The molecule has 2 heteroatoms. The lowest BCUT2D eigenvalue weighted by molar-refractivity contribution is 0.0754. The highest BCUT2D eigenvalue weighted by Crippen LogP contribution is 2.12. The van der Waals surface area contributed by atoms with Crippen LogP contribution in [0.3, 0.4) is 0 Å². The van der Waals surface area contributed by atoms with Gasteiger partial charge in [-0.05, 0) is 12.3 Å². The number of rotatable bonds is 9. The lowest BCUT2D eigenvalue weighted by Crippen LogP contribution is -2.13. The summed E-state index contributed by atoms with van der Waals surface area (Å²) < 4.78 is 5.48. The minimum Gasteiger partial charge on any atom is -0.362 e. The van der Waals surface area contributed by atoms with E-state index in [-0.39, 0.29) is 5.56 Å². The molecule has 0 rings (SSSR count). The molecule has 0 saturated heterocycles. The SMILES string of the molecule is CCCCCCCCOC(Cl)C(C)C. The van der Waals surface area contributed by atoms with Crippen molar-refractivity contribution in [3.63, 3.8) is 0 Å². The average molecular weight is 221 g/mol. The Morgan fingerprint density at radius 3 is 2.14 bits per heavy atom. The molecule has 0 aliphatic rings. The predicted molar refractivity (Wildman–Crippen MR) is 63.8 cm³/mol. The van der Waals surface area contributed by atoms with Crippen molar-refractivity contribution < 1.29 is 4.74 Å². The molecule has 0 amide bonds. The van der Waals surface area contributed by atoms with Crippen LogP contribution in [-0.2, 0) is 4.74 Å². The summed E-state index contributed by atoms with van der Waals surface area (Å²) in [6, 6.07) is 0. The third kappa shape index (κ3) is 8.83. The monoisotopic (exact) mass is 220 g/mol. The Hall–Kier alpha value is 0.250. The molecular weight excluding hydrogens is 196 g/mol. The summed E-state index contributed by atoms with van der Waals surface area (Å²) in [4.78, 5) is 0. The van der Waals surface area contributed by atoms with Gasteiger partial charge in [-0.3, -0.25) is 0 Å². The molecule has 0 saturated carbocycles. The first-order valence-electron chi connectivity index (χ1n) is 5.94. The lowest BCUT2D eigenvalue weighted by Gasteiger charge is -2.13. The topological polar surface area (TPSA) is 9.23 Å². The second kappa shape index (κ2) is 9.79. The maximum absolute atomic E-state index is 5.96. The minimum atomic E-state index is -0.106. The maximum Gasteiger partial charge on any atom is 0.133 e. The van der Waals surface area contributed by atoms with E-state index < -0.39 is 0 Å². The molecule has 0 fully saturated rings. The zero-order chi connectivity index (χ0) is 10.8. The van der Waals surface area contributed by atoms with Crippen molar-refractivity contribution in [2.45, 2.75) is 64.9 Å². The third-order valence-electron chi connectivity index (χ3n) is 2.30. The predicted octanol–water partition coefficient (Wildman–Crippen LogP) is 4.58. The largest absolute Gasteiger partial charge is 0.362 e. The zero-order valence-corrected chi connectivity index (χ0v) is 10.6. The van der Waals surface area contributed by atoms with Crippen LogP contribution in [0.1, 0.15) is 59.3 Å². The Labute approximate surface area is 94.2 Å². The van der Waals surface area contributed by atoms with Gasteiger partial charge >= 0.3 is 0 Å². The fraction of sp³-hybridized carbons (Fsp3) is 1.00. The molecule has 0 spiro atoms. The molecule has 86 valence electrons. The van der Waals surface area contributed by atoms with Gasteiger partial charge in [0.25, 0.3) is 0 Å². The van der Waals surface area contributed by atoms with E-state index in [2.05, 4.69) is 20.8 Å². The van der Waals surface area contributed by atoms with E-state index in [4.69, 9.17) is 16.3 Å². The van der Waals surface area contributed by atoms with Gasteiger partial charge in [0.15, 0.2) is 0 Å². The molecule has 1 unspecified atom stereocenters. The average Bonchev–Trinajstić information content (AvgIpc) is 2.16. The van der Waals surface area contributed by atoms with E-state index in [1.165, 1.54) is 32.1 Å². The van der Waals surface area contributed by atoms with Crippen molar-refractivity contribution in [3.8, 4) is 0 Å². The Balaban J connectivity index is 3.06. The summed E-state index contributed by atoms with van der Waals surface area (Å²) in [6.45, 7) is 7.22. The number of ether oxygens (including phenoxy) is 1. The van der Waals surface area contributed by atoms with Gasteiger partial charge in [-0.2, -0.15) is 0 Å². The van der Waals surface area contributed by atoms with E-state index in [1.807, 2.05) is 0 Å². The van der Waals surface area contributed by atoms with E-state index in [1.54, 1.807) is 0 Å². The summed E-state index contributed by atoms with van der Waals surface area (Å²) in [5.74, 6) is 0.414. The molecule has 0 aromatic heterocycles. The van der Waals surface area contributed by atoms with Gasteiger partial charge < -0.3 is 4.74 Å². The first kappa shape index (κ1) is 14.2. The van der Waals surface area contributed by atoms with E-state index in [0.29, 0.717) is 5.92 Å². The highest BCUT2D eigenvalue weighted by molar-refractivity contribution is 6.19. The first-order chi connectivity index (χ1) is 6.68. The van der Waals surface area contributed by atoms with Gasteiger partial charge in [-0.15, -0.1) is 0 Å². The van der Waals surface area contributed by atoms with Crippen LogP contribution in [-0.4, -0.2) is 12.2 Å². The number of unbranched alkanes of at least 4 members (excludes halogenated alkanes) is 5. The van der Waals surface area contributed by atoms with Gasteiger partial charge in [-0.25, -0.2) is 0 Å². The van der Waals surface area contributed by atoms with Crippen LogP contribution in [0.15, 0.2) is 0 Å². The van der Waals surface area contributed by atoms with Crippen LogP contribution in [0.4, 0.5) is 0 Å². The molecule has 0 aromatic rings. The Kier molecular flexibility index (Phi) is 9.97. The van der Waals surface area contributed by atoms with E-state index in [0.717, 1.165) is 13.0 Å². The third-order valence-corrected chi connectivity index (χ3v) is 2.93. The highest BCUT2D eigenvalue weighted by Gasteiger charge is 2.08. The van der Waals surface area contributed by atoms with Gasteiger partial charge in [0, 0.05) is 6.61 Å². The molecule has 0 aliphatic carbocycles. The van der Waals surface area contributed by atoms with Crippen LogP contribution in [0.25, 0.3) is 0 Å². The second-order valence-corrected chi connectivity index (χ2v) is 4.66. The van der Waals surface area contributed by atoms with Crippen molar-refractivity contribution in [3.05, 3.63) is 0 Å². The van der Waals surface area contributed by atoms with Crippen LogP contribution in [0.5, 0.6) is 0 Å². The van der Waals surface area contributed by atoms with Gasteiger partial charge in [-0.1, -0.05) is 64.5 Å². The van der Waals surface area contributed by atoms with Crippen molar-refractivity contribution in [1.82, 2.24) is 0 Å². The summed E-state index contributed by atoms with van der Waals surface area (Å²) in [7, 11) is 0. The molecule has 0 bridgehead atoms. The summed E-state index contributed by atoms with van der Waals surface area (Å²) in [6.07, 6.45) is 7.82. The second-order valence-electron chi connectivity index (χ2n) is 4.23. The van der Waals surface area contributed by atoms with Gasteiger partial charge in [0.05, 0.1) is 0 Å². The molecular formula is C12H25ClO. The van der Waals surface area contributed by atoms with Crippen molar-refractivity contribution in [1.29, 1.82) is 0 Å². The molecule has 0 heterocycles. The van der Waals surface area contributed by atoms with Crippen molar-refractivity contribution in [2.24, 2.45) is 5.92 Å². The quantitative estimate of drug-likeness (QED) is 0.408. The van der Waals surface area contributed by atoms with Crippen molar-refractivity contribution in [2.75, 3.05) is 6.61 Å². The van der Waals surface area contributed by atoms with Gasteiger partial charge in [0.1, 0.15) is 5.56 Å². The number of halogens is 1. The minimum absolute atomic E-state index is 0.106. The molecule has 0 aromatic carbocycles. The smallest absolute Gasteiger partial charge is 0.133 e. The fourth-order valence-corrected chi connectivity index (χ4v) is 1.36. The summed E-state index contributed by atoms with van der Waals surface area (Å²) >= 11 is 5.96. The standard InChI is InChI=1S/C12H25ClO/c1-4-5-6-7-8-9-10-14-12(13)11(2)3/h11-12H,4-10H2,1-3H3. The van der Waals surface area contributed by atoms with Crippen molar-refractivity contribution >= 4 is 11.6 Å². The maximum atomic E-state index is 5.96. The summed E-state index contributed by atoms with van der Waals surface area (Å²) in [5, 5.41) is 0. The normalized spacial score (nSPS) is 13.5. The summed E-state index contributed by atoms with van der Waals surface area (Å²) in [5.41, 5.74) is -0.106. The zero-order valence-electron chi connectivity index (χ0n) is 9.89. The molecule has 0 radical (unpaired) electrons. The lowest BCUT2D eigenvalue weighted by atomic mass is 10.1. The number of hydrogen-bond acceptors (Lipinski definition) is 1. The van der Waals surface area contributed by atoms with Gasteiger partial charge in [0.2, 0.25) is 0 Å². The van der Waals surface area contributed by atoms with E-state index in [9.17, 15) is 0 Å². The Bertz CT molecular complexity index is 115. The molecule has 0 N–H and O–H groups in total. The van der Waals surface area contributed by atoms with Crippen LogP contribution in [0, 0.1) is 5.92 Å². The Morgan fingerprint density at radius 2 is 1.57 bits per heavy atom. The fourth-order valence-electron chi connectivity index (χ4n) is 1.27. The first-order valence-corrected chi connectivity index (χ1v) is 6.37. The van der Waals surface area contributed by atoms with Crippen LogP contribution in [0.2, 0.25) is 0 Å². The molecule has 0 aliphatic heterocycles. The Morgan fingerprint density at radius 1 is 1.00 bits per heavy atom.